The van der Waals surface area contributed by atoms with Crippen molar-refractivity contribution in [2.24, 2.45) is 11.7 Å². The Bertz CT molecular complexity index is 400. The quantitative estimate of drug-likeness (QED) is 0.852. The molecule has 0 spiro atoms. The van der Waals surface area contributed by atoms with Gasteiger partial charge in [0.1, 0.15) is 5.78 Å². The van der Waals surface area contributed by atoms with Gasteiger partial charge in [-0.3, -0.25) is 4.79 Å². The lowest BCUT2D eigenvalue weighted by atomic mass is 9.86. The van der Waals surface area contributed by atoms with Crippen molar-refractivity contribution in [1.82, 2.24) is 0 Å². The van der Waals surface area contributed by atoms with Crippen molar-refractivity contribution in [2.45, 2.75) is 52.4 Å². The van der Waals surface area contributed by atoms with Crippen LogP contribution in [-0.2, 0) is 16.6 Å². The van der Waals surface area contributed by atoms with Gasteiger partial charge in [0.05, 0.1) is 0 Å². The van der Waals surface area contributed by atoms with E-state index in [1.54, 1.807) is 0 Å². The molecule has 2 heteroatoms. The first-order valence-electron chi connectivity index (χ1n) is 7.20. The third-order valence-corrected chi connectivity index (χ3v) is 3.58. The fourth-order valence-corrected chi connectivity index (χ4v) is 2.23. The van der Waals surface area contributed by atoms with Crippen LogP contribution in [0.25, 0.3) is 0 Å². The standard InChI is InChI=1S/C17H27NO/c1-5-6-14(12-18)16(19)11-13-7-9-15(10-8-13)17(2,3)4/h7-10,14H,5-6,11-12,18H2,1-4H3. The Labute approximate surface area is 117 Å². The van der Waals surface area contributed by atoms with Gasteiger partial charge in [-0.2, -0.15) is 0 Å². The van der Waals surface area contributed by atoms with Crippen LogP contribution in [0.1, 0.15) is 51.7 Å². The van der Waals surface area contributed by atoms with Crippen LogP contribution in [-0.4, -0.2) is 12.3 Å². The van der Waals surface area contributed by atoms with Crippen LogP contribution in [0, 0.1) is 5.92 Å². The van der Waals surface area contributed by atoms with E-state index in [2.05, 4.69) is 52.0 Å². The van der Waals surface area contributed by atoms with Crippen LogP contribution in [0.5, 0.6) is 0 Å². The number of rotatable bonds is 6. The van der Waals surface area contributed by atoms with Gasteiger partial charge in [0.2, 0.25) is 0 Å². The number of nitrogens with two attached hydrogens (primary N) is 1. The minimum atomic E-state index is 0.0206. The van der Waals surface area contributed by atoms with Crippen LogP contribution in [0.4, 0.5) is 0 Å². The highest BCUT2D eigenvalue weighted by Gasteiger charge is 2.17. The number of carbonyl (C=O) groups is 1. The molecule has 0 heterocycles. The maximum atomic E-state index is 12.1. The molecule has 19 heavy (non-hydrogen) atoms. The second kappa shape index (κ2) is 6.85. The summed E-state index contributed by atoms with van der Waals surface area (Å²) in [6.45, 7) is 9.14. The molecule has 0 aliphatic rings. The van der Waals surface area contributed by atoms with E-state index in [0.717, 1.165) is 18.4 Å². The zero-order valence-corrected chi connectivity index (χ0v) is 12.7. The molecule has 0 aliphatic heterocycles. The van der Waals surface area contributed by atoms with Gasteiger partial charge in [0, 0.05) is 18.9 Å². The molecule has 0 bridgehead atoms. The predicted octanol–water partition coefficient (Wildman–Crippen LogP) is 3.47. The summed E-state index contributed by atoms with van der Waals surface area (Å²) >= 11 is 0. The summed E-state index contributed by atoms with van der Waals surface area (Å²) in [4.78, 5) is 12.1. The van der Waals surface area contributed by atoms with Crippen molar-refractivity contribution in [3.05, 3.63) is 35.4 Å². The van der Waals surface area contributed by atoms with Crippen LogP contribution in [0.3, 0.4) is 0 Å². The molecule has 2 nitrogen and oxygen atoms in total. The smallest absolute Gasteiger partial charge is 0.141 e. The number of Topliss-reactive ketones (excluding diaryl/α,β-unsaturated/α-hetero) is 1. The van der Waals surface area contributed by atoms with E-state index in [0.29, 0.717) is 13.0 Å². The summed E-state index contributed by atoms with van der Waals surface area (Å²) in [5, 5.41) is 0. The predicted molar refractivity (Wildman–Crippen MR) is 81.3 cm³/mol. The Morgan fingerprint density at radius 2 is 1.79 bits per heavy atom. The number of hydrogen-bond acceptors (Lipinski definition) is 2. The highest BCUT2D eigenvalue weighted by molar-refractivity contribution is 5.83. The fourth-order valence-electron chi connectivity index (χ4n) is 2.23. The summed E-state index contributed by atoms with van der Waals surface area (Å²) in [5.41, 5.74) is 8.22. The molecule has 0 aliphatic carbocycles. The maximum Gasteiger partial charge on any atom is 0.141 e. The van der Waals surface area contributed by atoms with Gasteiger partial charge >= 0.3 is 0 Å². The molecule has 1 atom stereocenters. The molecule has 106 valence electrons. The van der Waals surface area contributed by atoms with E-state index >= 15 is 0 Å². The van der Waals surface area contributed by atoms with Gasteiger partial charge in [-0.05, 0) is 23.0 Å². The number of carbonyl (C=O) groups excluding carboxylic acids is 1. The molecule has 0 aromatic heterocycles. The summed E-state index contributed by atoms with van der Waals surface area (Å²) in [6.07, 6.45) is 2.41. The van der Waals surface area contributed by atoms with E-state index in [9.17, 15) is 4.79 Å². The van der Waals surface area contributed by atoms with E-state index in [-0.39, 0.29) is 17.1 Å². The monoisotopic (exact) mass is 261 g/mol. The average Bonchev–Trinajstić information content (AvgIpc) is 2.35. The molecular formula is C17H27NO. The van der Waals surface area contributed by atoms with Crippen LogP contribution in [0.2, 0.25) is 0 Å². The number of ketones is 1. The van der Waals surface area contributed by atoms with E-state index in [1.807, 2.05) is 0 Å². The van der Waals surface area contributed by atoms with Crippen LogP contribution < -0.4 is 5.73 Å². The number of benzene rings is 1. The average molecular weight is 261 g/mol. The molecule has 1 rings (SSSR count). The first kappa shape index (κ1) is 15.9. The van der Waals surface area contributed by atoms with Gasteiger partial charge < -0.3 is 5.73 Å². The van der Waals surface area contributed by atoms with Crippen molar-refractivity contribution >= 4 is 5.78 Å². The summed E-state index contributed by atoms with van der Waals surface area (Å²) in [5.74, 6) is 0.292. The van der Waals surface area contributed by atoms with Gasteiger partial charge in [-0.25, -0.2) is 0 Å². The Kier molecular flexibility index (Phi) is 5.74. The SMILES string of the molecule is CCCC(CN)C(=O)Cc1ccc(C(C)(C)C)cc1. The minimum Gasteiger partial charge on any atom is -0.330 e. The van der Waals surface area contributed by atoms with Gasteiger partial charge in [-0.1, -0.05) is 58.4 Å². The summed E-state index contributed by atoms with van der Waals surface area (Å²) in [7, 11) is 0. The van der Waals surface area contributed by atoms with Crippen LogP contribution >= 0.6 is 0 Å². The second-order valence-corrected chi connectivity index (χ2v) is 6.31. The van der Waals surface area contributed by atoms with Crippen molar-refractivity contribution in [2.75, 3.05) is 6.54 Å². The molecule has 0 radical (unpaired) electrons. The van der Waals surface area contributed by atoms with E-state index in [1.165, 1.54) is 5.56 Å². The van der Waals surface area contributed by atoms with Crippen molar-refractivity contribution < 1.29 is 4.79 Å². The Morgan fingerprint density at radius 3 is 2.21 bits per heavy atom. The molecule has 0 amide bonds. The normalized spacial score (nSPS) is 13.3. The van der Waals surface area contributed by atoms with Crippen molar-refractivity contribution in [1.29, 1.82) is 0 Å². The third kappa shape index (κ3) is 4.79. The van der Waals surface area contributed by atoms with Gasteiger partial charge in [0.25, 0.3) is 0 Å². The zero-order chi connectivity index (χ0) is 14.5. The Hall–Kier alpha value is -1.15. The van der Waals surface area contributed by atoms with Crippen molar-refractivity contribution in [3.8, 4) is 0 Å². The topological polar surface area (TPSA) is 43.1 Å². The fraction of sp³-hybridized carbons (Fsp3) is 0.588. The van der Waals surface area contributed by atoms with Gasteiger partial charge in [0.15, 0.2) is 0 Å². The Balaban J connectivity index is 2.70. The molecule has 1 unspecified atom stereocenters. The molecule has 1 aromatic carbocycles. The third-order valence-electron chi connectivity index (χ3n) is 3.58. The lowest BCUT2D eigenvalue weighted by Crippen LogP contribution is -2.25. The Morgan fingerprint density at radius 1 is 1.21 bits per heavy atom. The lowest BCUT2D eigenvalue weighted by molar-refractivity contribution is -0.122. The zero-order valence-electron chi connectivity index (χ0n) is 12.7. The molecular weight excluding hydrogens is 234 g/mol. The second-order valence-electron chi connectivity index (χ2n) is 6.31. The molecule has 0 saturated carbocycles. The maximum absolute atomic E-state index is 12.1. The number of hydrogen-bond donors (Lipinski definition) is 1. The molecule has 0 fully saturated rings. The largest absolute Gasteiger partial charge is 0.330 e. The van der Waals surface area contributed by atoms with Crippen LogP contribution in [0.15, 0.2) is 24.3 Å². The van der Waals surface area contributed by atoms with E-state index < -0.39 is 0 Å². The summed E-state index contributed by atoms with van der Waals surface area (Å²) < 4.78 is 0. The van der Waals surface area contributed by atoms with Crippen molar-refractivity contribution in [3.63, 3.8) is 0 Å². The first-order valence-corrected chi connectivity index (χ1v) is 7.20. The minimum absolute atomic E-state index is 0.0206. The van der Waals surface area contributed by atoms with E-state index in [4.69, 9.17) is 5.73 Å². The molecule has 0 saturated heterocycles. The molecule has 2 N–H and O–H groups in total. The highest BCUT2D eigenvalue weighted by atomic mass is 16.1. The summed E-state index contributed by atoms with van der Waals surface area (Å²) in [6, 6.07) is 8.38. The van der Waals surface area contributed by atoms with Gasteiger partial charge in [-0.15, -0.1) is 0 Å². The first-order chi connectivity index (χ1) is 8.88. The highest BCUT2D eigenvalue weighted by Crippen LogP contribution is 2.22. The lowest BCUT2D eigenvalue weighted by Gasteiger charge is -2.19. The molecule has 1 aromatic rings.